The third kappa shape index (κ3) is 2.04. The molecule has 0 aliphatic carbocycles. The number of thiazole rings is 1. The Morgan fingerprint density at radius 1 is 1.35 bits per heavy atom. The normalized spacial score (nSPS) is 25.4. The van der Waals surface area contributed by atoms with E-state index in [-0.39, 0.29) is 6.04 Å². The fourth-order valence-corrected chi connectivity index (χ4v) is 3.74. The first kappa shape index (κ1) is 12.4. The maximum Gasteiger partial charge on any atom is 0.184 e. The standard InChI is InChI=1S/C14H16N2O3S/c17-10-7-18-5-4-9(10)15-14-16-13-8-3-6-19-11(8)1-2-12(13)20-14/h1-2,9-10,17H,3-7H2,(H,15,16). The van der Waals surface area contributed by atoms with Crippen LogP contribution in [-0.4, -0.2) is 42.1 Å². The molecule has 0 radical (unpaired) electrons. The average molecular weight is 292 g/mol. The second-order valence-electron chi connectivity index (χ2n) is 5.19. The molecule has 20 heavy (non-hydrogen) atoms. The molecule has 2 unspecified atom stereocenters. The van der Waals surface area contributed by atoms with E-state index in [9.17, 15) is 5.11 Å². The Balaban J connectivity index is 1.64. The van der Waals surface area contributed by atoms with Gasteiger partial charge in [-0.05, 0) is 18.6 Å². The first-order chi connectivity index (χ1) is 9.81. The number of ether oxygens (including phenoxy) is 2. The van der Waals surface area contributed by atoms with Gasteiger partial charge in [0.15, 0.2) is 5.13 Å². The van der Waals surface area contributed by atoms with Gasteiger partial charge in [0.05, 0.1) is 35.6 Å². The average Bonchev–Trinajstić information content (AvgIpc) is 3.06. The van der Waals surface area contributed by atoms with Crippen LogP contribution in [0, 0.1) is 0 Å². The summed E-state index contributed by atoms with van der Waals surface area (Å²) >= 11 is 1.63. The van der Waals surface area contributed by atoms with Gasteiger partial charge in [-0.1, -0.05) is 11.3 Å². The molecule has 6 heteroatoms. The molecule has 0 spiro atoms. The maximum absolute atomic E-state index is 9.93. The van der Waals surface area contributed by atoms with Gasteiger partial charge in [-0.3, -0.25) is 0 Å². The first-order valence-corrected chi connectivity index (χ1v) is 7.70. The Bertz CT molecular complexity index is 643. The van der Waals surface area contributed by atoms with Gasteiger partial charge < -0.3 is 19.9 Å². The Kier molecular flexibility index (Phi) is 3.02. The summed E-state index contributed by atoms with van der Waals surface area (Å²) in [6, 6.07) is 4.10. The summed E-state index contributed by atoms with van der Waals surface area (Å²) in [7, 11) is 0. The van der Waals surface area contributed by atoms with Gasteiger partial charge in [0.2, 0.25) is 0 Å². The predicted molar refractivity (Wildman–Crippen MR) is 77.7 cm³/mol. The molecule has 1 aromatic heterocycles. The number of anilines is 1. The summed E-state index contributed by atoms with van der Waals surface area (Å²) in [6.07, 6.45) is 1.26. The van der Waals surface area contributed by atoms with Crippen LogP contribution in [0.25, 0.3) is 10.2 Å². The van der Waals surface area contributed by atoms with Gasteiger partial charge in [0.1, 0.15) is 5.75 Å². The van der Waals surface area contributed by atoms with Crippen LogP contribution < -0.4 is 10.1 Å². The minimum atomic E-state index is -0.468. The van der Waals surface area contributed by atoms with Gasteiger partial charge in [-0.25, -0.2) is 4.98 Å². The molecule has 3 heterocycles. The molecule has 2 atom stereocenters. The van der Waals surface area contributed by atoms with E-state index in [1.54, 1.807) is 11.3 Å². The molecule has 2 aliphatic heterocycles. The van der Waals surface area contributed by atoms with Gasteiger partial charge in [-0.2, -0.15) is 0 Å². The lowest BCUT2D eigenvalue weighted by Crippen LogP contribution is -2.41. The highest BCUT2D eigenvalue weighted by Gasteiger charge is 2.25. The highest BCUT2D eigenvalue weighted by atomic mass is 32.1. The number of nitrogens with one attached hydrogen (secondary N) is 1. The number of aliphatic hydroxyl groups is 1. The van der Waals surface area contributed by atoms with Crippen LogP contribution in [0.4, 0.5) is 5.13 Å². The van der Waals surface area contributed by atoms with Crippen molar-refractivity contribution >= 4 is 26.7 Å². The predicted octanol–water partition coefficient (Wildman–Crippen LogP) is 1.79. The van der Waals surface area contributed by atoms with Crippen LogP contribution in [0.1, 0.15) is 12.0 Å². The van der Waals surface area contributed by atoms with E-state index in [4.69, 9.17) is 9.47 Å². The SMILES string of the molecule is OC1COCCC1Nc1nc2c3c(ccc2s1)OCC3. The Morgan fingerprint density at radius 2 is 2.30 bits per heavy atom. The van der Waals surface area contributed by atoms with Crippen molar-refractivity contribution in [3.63, 3.8) is 0 Å². The van der Waals surface area contributed by atoms with E-state index in [0.717, 1.165) is 35.8 Å². The van der Waals surface area contributed by atoms with Gasteiger partial charge in [-0.15, -0.1) is 0 Å². The number of hydrogen-bond donors (Lipinski definition) is 2. The maximum atomic E-state index is 9.93. The fourth-order valence-electron chi connectivity index (χ4n) is 2.78. The second-order valence-corrected chi connectivity index (χ2v) is 6.22. The number of fused-ring (bicyclic) bond motifs is 3. The van der Waals surface area contributed by atoms with Crippen LogP contribution in [0.2, 0.25) is 0 Å². The molecular formula is C14H16N2O3S. The smallest absolute Gasteiger partial charge is 0.184 e. The molecular weight excluding hydrogens is 276 g/mol. The second kappa shape index (κ2) is 4.87. The quantitative estimate of drug-likeness (QED) is 0.883. The molecule has 2 aliphatic rings. The van der Waals surface area contributed by atoms with E-state index in [1.807, 2.05) is 6.07 Å². The van der Waals surface area contributed by atoms with Crippen molar-refractivity contribution in [3.8, 4) is 5.75 Å². The molecule has 5 nitrogen and oxygen atoms in total. The summed E-state index contributed by atoms with van der Waals surface area (Å²) in [6.45, 7) is 1.82. The monoisotopic (exact) mass is 292 g/mol. The van der Waals surface area contributed by atoms with Gasteiger partial charge in [0.25, 0.3) is 0 Å². The first-order valence-electron chi connectivity index (χ1n) is 6.89. The van der Waals surface area contributed by atoms with Crippen molar-refractivity contribution in [2.24, 2.45) is 0 Å². The summed E-state index contributed by atoms with van der Waals surface area (Å²) in [5.74, 6) is 0.959. The molecule has 4 rings (SSSR count). The van der Waals surface area contributed by atoms with Crippen molar-refractivity contribution in [2.75, 3.05) is 25.1 Å². The van der Waals surface area contributed by atoms with Gasteiger partial charge in [0, 0.05) is 18.6 Å². The largest absolute Gasteiger partial charge is 0.493 e. The zero-order chi connectivity index (χ0) is 13.5. The number of aliphatic hydroxyl groups excluding tert-OH is 1. The van der Waals surface area contributed by atoms with Crippen LogP contribution in [0.5, 0.6) is 5.75 Å². The number of hydrogen-bond acceptors (Lipinski definition) is 6. The Hall–Kier alpha value is -1.37. The molecule has 0 amide bonds. The van der Waals surface area contributed by atoms with E-state index >= 15 is 0 Å². The molecule has 1 aromatic carbocycles. The molecule has 1 fully saturated rings. The van der Waals surface area contributed by atoms with E-state index < -0.39 is 6.10 Å². The highest BCUT2D eigenvalue weighted by Crippen LogP contribution is 2.36. The van der Waals surface area contributed by atoms with E-state index in [2.05, 4.69) is 16.4 Å². The minimum absolute atomic E-state index is 0.0219. The van der Waals surface area contributed by atoms with Crippen LogP contribution in [-0.2, 0) is 11.2 Å². The Labute approximate surface area is 120 Å². The molecule has 2 aromatic rings. The zero-order valence-corrected chi connectivity index (χ0v) is 11.8. The Morgan fingerprint density at radius 3 is 3.20 bits per heavy atom. The van der Waals surface area contributed by atoms with E-state index in [1.165, 1.54) is 10.3 Å². The fraction of sp³-hybridized carbons (Fsp3) is 0.500. The minimum Gasteiger partial charge on any atom is -0.493 e. The topological polar surface area (TPSA) is 63.6 Å². The molecule has 106 valence electrons. The van der Waals surface area contributed by atoms with E-state index in [0.29, 0.717) is 13.2 Å². The summed E-state index contributed by atoms with van der Waals surface area (Å²) in [5.41, 5.74) is 2.24. The van der Waals surface area contributed by atoms with Crippen LogP contribution >= 0.6 is 11.3 Å². The van der Waals surface area contributed by atoms with Crippen molar-refractivity contribution < 1.29 is 14.6 Å². The molecule has 0 saturated carbocycles. The third-order valence-electron chi connectivity index (χ3n) is 3.87. The lowest BCUT2D eigenvalue weighted by Gasteiger charge is -2.28. The van der Waals surface area contributed by atoms with Crippen LogP contribution in [0.15, 0.2) is 12.1 Å². The molecule has 1 saturated heterocycles. The lowest BCUT2D eigenvalue weighted by molar-refractivity contribution is -0.0134. The lowest BCUT2D eigenvalue weighted by atomic mass is 10.1. The van der Waals surface area contributed by atoms with Crippen molar-refractivity contribution in [1.29, 1.82) is 0 Å². The highest BCUT2D eigenvalue weighted by molar-refractivity contribution is 7.22. The van der Waals surface area contributed by atoms with Crippen molar-refractivity contribution in [3.05, 3.63) is 17.7 Å². The number of rotatable bonds is 2. The summed E-state index contributed by atoms with van der Waals surface area (Å²) in [5, 5.41) is 14.1. The molecule has 0 bridgehead atoms. The number of benzene rings is 1. The number of nitrogens with zero attached hydrogens (tertiary/aromatic N) is 1. The molecule has 2 N–H and O–H groups in total. The van der Waals surface area contributed by atoms with Crippen LogP contribution in [0.3, 0.4) is 0 Å². The van der Waals surface area contributed by atoms with Gasteiger partial charge >= 0.3 is 0 Å². The third-order valence-corrected chi connectivity index (χ3v) is 4.82. The number of aromatic nitrogens is 1. The van der Waals surface area contributed by atoms with Crippen molar-refractivity contribution in [1.82, 2.24) is 4.98 Å². The summed E-state index contributed by atoms with van der Waals surface area (Å²) in [4.78, 5) is 4.69. The zero-order valence-electron chi connectivity index (χ0n) is 11.0. The summed E-state index contributed by atoms with van der Waals surface area (Å²) < 4.78 is 12.0. The van der Waals surface area contributed by atoms with Crippen molar-refractivity contribution in [2.45, 2.75) is 25.0 Å².